The highest BCUT2D eigenvalue weighted by atomic mass is 35.5. The van der Waals surface area contributed by atoms with Gasteiger partial charge < -0.3 is 15.1 Å². The third-order valence-electron chi connectivity index (χ3n) is 4.72. The second kappa shape index (κ2) is 9.62. The van der Waals surface area contributed by atoms with E-state index in [1.807, 2.05) is 34.1 Å². The SMILES string of the molecule is CC(C)Sc1ccc(C(=O)N2CCCC(N3CCNCC3=O)C2)cc1.Cl. The maximum Gasteiger partial charge on any atom is 0.253 e. The zero-order valence-electron chi connectivity index (χ0n) is 15.4. The molecule has 2 heterocycles. The van der Waals surface area contributed by atoms with Gasteiger partial charge in [-0.15, -0.1) is 24.2 Å². The molecule has 144 valence electrons. The molecule has 0 radical (unpaired) electrons. The molecule has 0 bridgehead atoms. The summed E-state index contributed by atoms with van der Waals surface area (Å²) in [5.41, 5.74) is 0.736. The van der Waals surface area contributed by atoms with Crippen LogP contribution in [-0.4, -0.2) is 65.6 Å². The van der Waals surface area contributed by atoms with Gasteiger partial charge in [-0.2, -0.15) is 0 Å². The lowest BCUT2D eigenvalue weighted by Gasteiger charge is -2.41. The molecule has 2 amide bonds. The number of nitrogens with one attached hydrogen (secondary N) is 1. The van der Waals surface area contributed by atoms with Crippen molar-refractivity contribution in [2.24, 2.45) is 0 Å². The fraction of sp³-hybridized carbons (Fsp3) is 0.579. The van der Waals surface area contributed by atoms with E-state index >= 15 is 0 Å². The van der Waals surface area contributed by atoms with Gasteiger partial charge in [0.2, 0.25) is 5.91 Å². The summed E-state index contributed by atoms with van der Waals surface area (Å²) in [5.74, 6) is 0.231. The number of thioether (sulfide) groups is 1. The van der Waals surface area contributed by atoms with E-state index in [1.54, 1.807) is 11.8 Å². The minimum atomic E-state index is 0. The Kier molecular flexibility index (Phi) is 7.80. The van der Waals surface area contributed by atoms with Crippen molar-refractivity contribution >= 4 is 36.0 Å². The summed E-state index contributed by atoms with van der Waals surface area (Å²) in [7, 11) is 0. The van der Waals surface area contributed by atoms with E-state index in [4.69, 9.17) is 0 Å². The van der Waals surface area contributed by atoms with Crippen LogP contribution >= 0.6 is 24.2 Å². The number of benzene rings is 1. The van der Waals surface area contributed by atoms with E-state index in [-0.39, 0.29) is 30.3 Å². The largest absolute Gasteiger partial charge is 0.337 e. The number of hydrogen-bond acceptors (Lipinski definition) is 4. The summed E-state index contributed by atoms with van der Waals surface area (Å²) in [6.07, 6.45) is 1.94. The van der Waals surface area contributed by atoms with E-state index in [0.717, 1.165) is 38.0 Å². The summed E-state index contributed by atoms with van der Waals surface area (Å²) in [4.78, 5) is 30.0. The van der Waals surface area contributed by atoms with Crippen LogP contribution in [0.25, 0.3) is 0 Å². The van der Waals surface area contributed by atoms with E-state index in [2.05, 4.69) is 19.2 Å². The molecule has 1 aromatic rings. The zero-order chi connectivity index (χ0) is 17.8. The third kappa shape index (κ3) is 5.15. The van der Waals surface area contributed by atoms with E-state index in [0.29, 0.717) is 18.3 Å². The van der Waals surface area contributed by atoms with Gasteiger partial charge in [0.1, 0.15) is 0 Å². The quantitative estimate of drug-likeness (QED) is 0.793. The molecular formula is C19H28ClN3O2S. The van der Waals surface area contributed by atoms with Crippen molar-refractivity contribution in [3.8, 4) is 0 Å². The highest BCUT2D eigenvalue weighted by molar-refractivity contribution is 7.99. The van der Waals surface area contributed by atoms with Gasteiger partial charge in [0.15, 0.2) is 0 Å². The molecule has 3 rings (SSSR count). The Labute approximate surface area is 166 Å². The number of hydrogen-bond donors (Lipinski definition) is 1. The lowest BCUT2D eigenvalue weighted by Crippen LogP contribution is -2.57. The van der Waals surface area contributed by atoms with Gasteiger partial charge >= 0.3 is 0 Å². The van der Waals surface area contributed by atoms with Crippen molar-refractivity contribution in [1.82, 2.24) is 15.1 Å². The monoisotopic (exact) mass is 397 g/mol. The topological polar surface area (TPSA) is 52.7 Å². The molecule has 7 heteroatoms. The van der Waals surface area contributed by atoms with Gasteiger partial charge in [-0.05, 0) is 37.1 Å². The second-order valence-electron chi connectivity index (χ2n) is 7.00. The summed E-state index contributed by atoms with van der Waals surface area (Å²) in [5, 5.41) is 3.64. The Morgan fingerprint density at radius 2 is 1.96 bits per heavy atom. The average molecular weight is 398 g/mol. The third-order valence-corrected chi connectivity index (χ3v) is 5.74. The molecular weight excluding hydrogens is 370 g/mol. The normalized spacial score (nSPS) is 20.9. The molecule has 5 nitrogen and oxygen atoms in total. The van der Waals surface area contributed by atoms with Crippen LogP contribution < -0.4 is 5.32 Å². The number of amides is 2. The Hall–Kier alpha value is -1.24. The maximum absolute atomic E-state index is 12.8. The second-order valence-corrected chi connectivity index (χ2v) is 8.65. The molecule has 1 aromatic carbocycles. The Balaban J connectivity index is 0.00000243. The van der Waals surface area contributed by atoms with Crippen molar-refractivity contribution in [2.45, 2.75) is 42.9 Å². The summed E-state index contributed by atoms with van der Waals surface area (Å²) in [6.45, 7) is 7.74. The summed E-state index contributed by atoms with van der Waals surface area (Å²) in [6, 6.07) is 8.06. The summed E-state index contributed by atoms with van der Waals surface area (Å²) < 4.78 is 0. The van der Waals surface area contributed by atoms with Crippen LogP contribution in [0, 0.1) is 0 Å². The molecule has 0 aliphatic carbocycles. The van der Waals surface area contributed by atoms with Crippen LogP contribution in [0.5, 0.6) is 0 Å². The fourth-order valence-electron chi connectivity index (χ4n) is 3.53. The molecule has 2 saturated heterocycles. The standard InChI is InChI=1S/C19H27N3O2S.ClH/c1-14(2)25-17-7-5-15(6-8-17)19(24)21-10-3-4-16(13-21)22-11-9-20-12-18(22)23;/h5-8,14,16,20H,3-4,9-13H2,1-2H3;1H. The van der Waals surface area contributed by atoms with Gasteiger partial charge in [-0.1, -0.05) is 13.8 Å². The van der Waals surface area contributed by atoms with Crippen molar-refractivity contribution < 1.29 is 9.59 Å². The first kappa shape index (κ1) is 21.1. The molecule has 0 saturated carbocycles. The number of halogens is 1. The number of rotatable bonds is 4. The molecule has 1 N–H and O–H groups in total. The van der Waals surface area contributed by atoms with Gasteiger partial charge in [0.05, 0.1) is 6.54 Å². The molecule has 26 heavy (non-hydrogen) atoms. The lowest BCUT2D eigenvalue weighted by molar-refractivity contribution is -0.135. The number of likely N-dealkylation sites (tertiary alicyclic amines) is 1. The zero-order valence-corrected chi connectivity index (χ0v) is 17.1. The highest BCUT2D eigenvalue weighted by Gasteiger charge is 2.31. The molecule has 2 aliphatic heterocycles. The smallest absolute Gasteiger partial charge is 0.253 e. The van der Waals surface area contributed by atoms with Gasteiger partial charge in [-0.25, -0.2) is 0 Å². The number of piperidine rings is 1. The molecule has 2 fully saturated rings. The molecule has 2 aliphatic rings. The van der Waals surface area contributed by atoms with E-state index < -0.39 is 0 Å². The van der Waals surface area contributed by atoms with Crippen molar-refractivity contribution in [1.29, 1.82) is 0 Å². The Morgan fingerprint density at radius 1 is 1.23 bits per heavy atom. The van der Waals surface area contributed by atoms with Gasteiger partial charge in [0.25, 0.3) is 5.91 Å². The predicted octanol–water partition coefficient (Wildman–Crippen LogP) is 2.65. The van der Waals surface area contributed by atoms with E-state index in [9.17, 15) is 9.59 Å². The molecule has 1 atom stereocenters. The maximum atomic E-state index is 12.8. The van der Waals surface area contributed by atoms with Crippen molar-refractivity contribution in [2.75, 3.05) is 32.7 Å². The molecule has 0 aromatic heterocycles. The fourth-order valence-corrected chi connectivity index (χ4v) is 4.37. The van der Waals surface area contributed by atoms with Crippen LogP contribution in [0.1, 0.15) is 37.0 Å². The first-order valence-corrected chi connectivity index (χ1v) is 9.99. The highest BCUT2D eigenvalue weighted by Crippen LogP contribution is 2.24. The van der Waals surface area contributed by atoms with Crippen LogP contribution in [-0.2, 0) is 4.79 Å². The molecule has 1 unspecified atom stereocenters. The first-order valence-electron chi connectivity index (χ1n) is 9.11. The van der Waals surface area contributed by atoms with E-state index in [1.165, 1.54) is 4.90 Å². The lowest BCUT2D eigenvalue weighted by atomic mass is 10.0. The van der Waals surface area contributed by atoms with Gasteiger partial charge in [0, 0.05) is 47.9 Å². The van der Waals surface area contributed by atoms with Crippen LogP contribution in [0.2, 0.25) is 0 Å². The average Bonchev–Trinajstić information content (AvgIpc) is 2.62. The summed E-state index contributed by atoms with van der Waals surface area (Å²) >= 11 is 1.80. The number of carbonyl (C=O) groups is 2. The first-order chi connectivity index (χ1) is 12.0. The van der Waals surface area contributed by atoms with Crippen LogP contribution in [0.4, 0.5) is 0 Å². The van der Waals surface area contributed by atoms with Gasteiger partial charge in [-0.3, -0.25) is 9.59 Å². The van der Waals surface area contributed by atoms with Crippen LogP contribution in [0.3, 0.4) is 0 Å². The predicted molar refractivity (Wildman–Crippen MR) is 108 cm³/mol. The minimum absolute atomic E-state index is 0. The Bertz CT molecular complexity index is 624. The Morgan fingerprint density at radius 3 is 2.62 bits per heavy atom. The number of carbonyl (C=O) groups excluding carboxylic acids is 2. The number of nitrogens with zero attached hydrogens (tertiary/aromatic N) is 2. The number of piperazine rings is 1. The minimum Gasteiger partial charge on any atom is -0.337 e. The molecule has 0 spiro atoms. The van der Waals surface area contributed by atoms with Crippen molar-refractivity contribution in [3.63, 3.8) is 0 Å². The van der Waals surface area contributed by atoms with Crippen LogP contribution in [0.15, 0.2) is 29.2 Å². The van der Waals surface area contributed by atoms with Crippen molar-refractivity contribution in [3.05, 3.63) is 29.8 Å².